The number of alkyl halides is 3. The molecule has 114 valence electrons. The minimum absolute atomic E-state index is 0.330. The Labute approximate surface area is 113 Å². The van der Waals surface area contributed by atoms with E-state index in [1.165, 1.54) is 0 Å². The van der Waals surface area contributed by atoms with E-state index in [0.717, 1.165) is 19.3 Å². The molecule has 0 amide bonds. The highest BCUT2D eigenvalue weighted by Gasteiger charge is 2.49. The number of nitrogens with one attached hydrogen (secondary N) is 1. The van der Waals surface area contributed by atoms with Crippen molar-refractivity contribution in [1.29, 1.82) is 0 Å². The average molecular weight is 325 g/mol. The van der Waals surface area contributed by atoms with Crippen LogP contribution >= 0.6 is 0 Å². The molecule has 0 radical (unpaired) electrons. The van der Waals surface area contributed by atoms with Gasteiger partial charge in [0.25, 0.3) is 11.4 Å². The van der Waals surface area contributed by atoms with E-state index < -0.39 is 32.6 Å². The van der Waals surface area contributed by atoms with Gasteiger partial charge in [0.05, 0.1) is 10.8 Å². The standard InChI is InChI=1S/C9H6F3N3O5S/c1-15-8(17)4-2-6(16)13-3-5(4)7(14-15)20-21(18,19)9(10,11)12/h2-3H,1H3,(H,13,16). The molecule has 21 heavy (non-hydrogen) atoms. The molecule has 0 aliphatic rings. The summed E-state index contributed by atoms with van der Waals surface area (Å²) in [6, 6.07) is 0.798. The second kappa shape index (κ2) is 4.58. The number of fused-ring (bicyclic) bond motifs is 1. The fourth-order valence-corrected chi connectivity index (χ4v) is 1.87. The Hall–Kier alpha value is -2.37. The van der Waals surface area contributed by atoms with Crippen molar-refractivity contribution in [2.45, 2.75) is 5.51 Å². The monoisotopic (exact) mass is 325 g/mol. The zero-order chi connectivity index (χ0) is 16.0. The summed E-state index contributed by atoms with van der Waals surface area (Å²) in [6.45, 7) is 0. The molecule has 8 nitrogen and oxygen atoms in total. The van der Waals surface area contributed by atoms with E-state index >= 15 is 0 Å². The van der Waals surface area contributed by atoms with E-state index in [1.54, 1.807) is 0 Å². The van der Waals surface area contributed by atoms with Gasteiger partial charge in [0.15, 0.2) is 0 Å². The van der Waals surface area contributed by atoms with Gasteiger partial charge in [-0.1, -0.05) is 0 Å². The van der Waals surface area contributed by atoms with Gasteiger partial charge in [0.2, 0.25) is 5.56 Å². The van der Waals surface area contributed by atoms with Crippen LogP contribution in [-0.4, -0.2) is 28.7 Å². The molecule has 1 N–H and O–H groups in total. The molecule has 0 aromatic carbocycles. The lowest BCUT2D eigenvalue weighted by Gasteiger charge is -2.11. The van der Waals surface area contributed by atoms with E-state index in [4.69, 9.17) is 0 Å². The Kier molecular flexibility index (Phi) is 3.28. The molecular weight excluding hydrogens is 319 g/mol. The highest BCUT2D eigenvalue weighted by Crippen LogP contribution is 2.28. The number of aromatic amines is 1. The largest absolute Gasteiger partial charge is 0.534 e. The Morgan fingerprint density at radius 2 is 1.90 bits per heavy atom. The number of aromatic nitrogens is 3. The molecule has 2 aromatic heterocycles. The van der Waals surface area contributed by atoms with E-state index in [9.17, 15) is 31.2 Å². The van der Waals surface area contributed by atoms with Gasteiger partial charge in [0.1, 0.15) is 0 Å². The molecule has 0 spiro atoms. The fourth-order valence-electron chi connectivity index (χ4n) is 1.45. The molecule has 0 saturated heterocycles. The van der Waals surface area contributed by atoms with Gasteiger partial charge in [-0.05, 0) is 0 Å². The van der Waals surface area contributed by atoms with E-state index in [2.05, 4.69) is 14.3 Å². The molecule has 2 aromatic rings. The van der Waals surface area contributed by atoms with Gasteiger partial charge in [-0.3, -0.25) is 9.59 Å². The average Bonchev–Trinajstić information content (AvgIpc) is 2.33. The van der Waals surface area contributed by atoms with Crippen molar-refractivity contribution in [3.8, 4) is 5.88 Å². The van der Waals surface area contributed by atoms with Crippen molar-refractivity contribution in [3.63, 3.8) is 0 Å². The summed E-state index contributed by atoms with van der Waals surface area (Å²) in [7, 11) is -4.89. The number of rotatable bonds is 2. The highest BCUT2D eigenvalue weighted by atomic mass is 32.2. The quantitative estimate of drug-likeness (QED) is 0.607. The summed E-state index contributed by atoms with van der Waals surface area (Å²) < 4.78 is 63.3. The molecule has 0 aliphatic heterocycles. The normalized spacial score (nSPS) is 12.6. The van der Waals surface area contributed by atoms with E-state index in [1.807, 2.05) is 0 Å². The second-order valence-corrected chi connectivity index (χ2v) is 5.38. The van der Waals surface area contributed by atoms with Crippen LogP contribution in [0.5, 0.6) is 5.88 Å². The maximum atomic E-state index is 12.3. The van der Waals surface area contributed by atoms with Crippen molar-refractivity contribution in [2.24, 2.45) is 7.05 Å². The fraction of sp³-hybridized carbons (Fsp3) is 0.222. The van der Waals surface area contributed by atoms with Crippen molar-refractivity contribution in [1.82, 2.24) is 14.8 Å². The third-order valence-corrected chi connectivity index (χ3v) is 3.34. The Balaban J connectivity index is 2.75. The van der Waals surface area contributed by atoms with E-state index in [0.29, 0.717) is 4.68 Å². The summed E-state index contributed by atoms with van der Waals surface area (Å²) in [5.74, 6) is -0.972. The third kappa shape index (κ3) is 2.61. The Morgan fingerprint density at radius 1 is 1.29 bits per heavy atom. The summed E-state index contributed by atoms with van der Waals surface area (Å²) in [5, 5.41) is 2.61. The van der Waals surface area contributed by atoms with Crippen LogP contribution in [-0.2, 0) is 17.2 Å². The number of hydrogen-bond acceptors (Lipinski definition) is 6. The van der Waals surface area contributed by atoms with E-state index in [-0.39, 0.29) is 10.8 Å². The lowest BCUT2D eigenvalue weighted by molar-refractivity contribution is -0.0501. The maximum absolute atomic E-state index is 12.3. The summed E-state index contributed by atoms with van der Waals surface area (Å²) in [5.41, 5.74) is -7.15. The van der Waals surface area contributed by atoms with Crippen molar-refractivity contribution in [3.05, 3.63) is 33.0 Å². The predicted molar refractivity (Wildman–Crippen MR) is 63.2 cm³/mol. The molecule has 0 unspecified atom stereocenters. The first-order valence-corrected chi connectivity index (χ1v) is 6.54. The lowest BCUT2D eigenvalue weighted by Crippen LogP contribution is -2.30. The molecule has 2 rings (SSSR count). The predicted octanol–water partition coefficient (Wildman–Crippen LogP) is -0.150. The van der Waals surface area contributed by atoms with Gasteiger partial charge < -0.3 is 9.17 Å². The molecule has 0 bridgehead atoms. The number of H-pyrrole nitrogens is 1. The van der Waals surface area contributed by atoms with Crippen LogP contribution in [0.25, 0.3) is 10.8 Å². The zero-order valence-corrected chi connectivity index (χ0v) is 10.9. The topological polar surface area (TPSA) is 111 Å². The lowest BCUT2D eigenvalue weighted by atomic mass is 10.2. The number of halogens is 3. The summed E-state index contributed by atoms with van der Waals surface area (Å²) in [4.78, 5) is 24.9. The van der Waals surface area contributed by atoms with Gasteiger partial charge in [0, 0.05) is 19.3 Å². The first-order valence-electron chi connectivity index (χ1n) is 5.13. The Bertz CT molecular complexity index is 928. The maximum Gasteiger partial charge on any atom is 0.534 e. The highest BCUT2D eigenvalue weighted by molar-refractivity contribution is 7.88. The van der Waals surface area contributed by atoms with Gasteiger partial charge in [-0.25, -0.2) is 4.68 Å². The molecule has 0 fully saturated rings. The number of aryl methyl sites for hydroxylation is 1. The zero-order valence-electron chi connectivity index (χ0n) is 10.1. The summed E-state index contributed by atoms with van der Waals surface area (Å²) in [6.07, 6.45) is 0.841. The van der Waals surface area contributed by atoms with Crippen LogP contribution in [0.3, 0.4) is 0 Å². The van der Waals surface area contributed by atoms with Crippen molar-refractivity contribution < 1.29 is 25.8 Å². The molecular formula is C9H6F3N3O5S. The van der Waals surface area contributed by atoms with Gasteiger partial charge >= 0.3 is 15.6 Å². The smallest absolute Gasteiger partial charge is 0.353 e. The SMILES string of the molecule is Cn1nc(OS(=O)(=O)C(F)(F)F)c2c[nH]c(=O)cc2c1=O. The molecule has 12 heteroatoms. The van der Waals surface area contributed by atoms with Crippen molar-refractivity contribution >= 4 is 20.9 Å². The van der Waals surface area contributed by atoms with Gasteiger partial charge in [-0.15, -0.1) is 5.10 Å². The van der Waals surface area contributed by atoms with Crippen molar-refractivity contribution in [2.75, 3.05) is 0 Å². The second-order valence-electron chi connectivity index (χ2n) is 3.84. The number of nitrogens with zero attached hydrogens (tertiary/aromatic N) is 2. The third-order valence-electron chi connectivity index (χ3n) is 2.39. The molecule has 2 heterocycles. The molecule has 0 saturated carbocycles. The Morgan fingerprint density at radius 3 is 2.48 bits per heavy atom. The molecule has 0 aliphatic carbocycles. The van der Waals surface area contributed by atoms with Crippen LogP contribution in [0.15, 0.2) is 21.9 Å². The number of pyridine rings is 1. The first kappa shape index (κ1) is 15.0. The summed E-state index contributed by atoms with van der Waals surface area (Å²) >= 11 is 0. The number of hydrogen-bond donors (Lipinski definition) is 1. The molecule has 0 atom stereocenters. The van der Waals surface area contributed by atoms with Gasteiger partial charge in [-0.2, -0.15) is 21.6 Å². The van der Waals surface area contributed by atoms with Crippen LogP contribution in [0.1, 0.15) is 0 Å². The minimum Gasteiger partial charge on any atom is -0.353 e. The van der Waals surface area contributed by atoms with Crippen LogP contribution in [0, 0.1) is 0 Å². The van der Waals surface area contributed by atoms with Crippen LogP contribution in [0.2, 0.25) is 0 Å². The minimum atomic E-state index is -5.95. The van der Waals surface area contributed by atoms with Crippen LogP contribution < -0.4 is 15.3 Å². The first-order chi connectivity index (χ1) is 9.53. The van der Waals surface area contributed by atoms with Crippen LogP contribution in [0.4, 0.5) is 13.2 Å².